The molecule has 2 heterocycles. The third kappa shape index (κ3) is 3.98. The van der Waals surface area contributed by atoms with Crippen molar-refractivity contribution in [3.05, 3.63) is 71.3 Å². The molecule has 4 rings (SSSR count). The Morgan fingerprint density at radius 3 is 1.80 bits per heavy atom. The van der Waals surface area contributed by atoms with Crippen LogP contribution in [0.5, 0.6) is 0 Å². The van der Waals surface area contributed by atoms with Gasteiger partial charge in [0.25, 0.3) is 0 Å². The van der Waals surface area contributed by atoms with Crippen molar-refractivity contribution in [2.24, 2.45) is 13.0 Å². The van der Waals surface area contributed by atoms with Gasteiger partial charge in [-0.2, -0.15) is 4.57 Å². The van der Waals surface area contributed by atoms with E-state index in [1.807, 2.05) is 7.05 Å². The first-order chi connectivity index (χ1) is 14.5. The summed E-state index contributed by atoms with van der Waals surface area (Å²) < 4.78 is 4.34. The molecule has 0 spiro atoms. The summed E-state index contributed by atoms with van der Waals surface area (Å²) >= 11 is 0. The molecule has 156 valence electrons. The number of aromatic nitrogens is 2. The first-order valence-corrected chi connectivity index (χ1v) is 11.3. The predicted octanol–water partition coefficient (Wildman–Crippen LogP) is 5.29. The minimum Gasteiger partial charge on any atom is -0.384 e. The number of hydrogen-bond acceptors (Lipinski definition) is 1. The fraction of sp³-hybridized carbons (Fsp3) is 0.407. The van der Waals surface area contributed by atoms with Crippen molar-refractivity contribution in [3.8, 4) is 16.8 Å². The second-order valence-electron chi connectivity index (χ2n) is 9.00. The van der Waals surface area contributed by atoms with E-state index < -0.39 is 0 Å². The maximum absolute atomic E-state index is 3.81. The van der Waals surface area contributed by atoms with E-state index in [2.05, 4.69) is 91.2 Å². The predicted molar refractivity (Wildman–Crippen MR) is 124 cm³/mol. The zero-order chi connectivity index (χ0) is 21.3. The third-order valence-electron chi connectivity index (χ3n) is 7.03. The molecule has 2 aromatic heterocycles. The third-order valence-corrected chi connectivity index (χ3v) is 7.03. The normalized spacial score (nSPS) is 14.3. The smallest absolute Gasteiger partial charge is 0.217 e. The van der Waals surface area contributed by atoms with Crippen molar-refractivity contribution in [3.63, 3.8) is 0 Å². The molecule has 0 unspecified atom stereocenters. The molecule has 3 nitrogen and oxygen atoms in total. The van der Waals surface area contributed by atoms with Crippen LogP contribution in [0.2, 0.25) is 0 Å². The molecule has 3 heteroatoms. The van der Waals surface area contributed by atoms with Crippen LogP contribution in [-0.2, 0) is 7.05 Å². The van der Waals surface area contributed by atoms with Gasteiger partial charge in [0.05, 0.1) is 0 Å². The average Bonchev–Trinajstić information content (AvgIpc) is 3.27. The van der Waals surface area contributed by atoms with Crippen LogP contribution in [0.3, 0.4) is 0 Å². The van der Waals surface area contributed by atoms with Crippen LogP contribution in [-0.4, -0.2) is 6.54 Å². The molecular weight excluding hydrogens is 366 g/mol. The number of aryl methyl sites for hydroxylation is 1. The molecule has 1 fully saturated rings. The summed E-state index contributed by atoms with van der Waals surface area (Å²) in [6.45, 7) is 10.2. The topological polar surface area (TPSA) is 19.8 Å². The summed E-state index contributed by atoms with van der Waals surface area (Å²) in [4.78, 5) is 0. The summed E-state index contributed by atoms with van der Waals surface area (Å²) in [7, 11) is 2.05. The summed E-state index contributed by atoms with van der Waals surface area (Å²) in [5, 5.41) is 3.81. The van der Waals surface area contributed by atoms with Gasteiger partial charge >= 0.3 is 0 Å². The lowest BCUT2D eigenvalue weighted by atomic mass is 9.95. The maximum atomic E-state index is 3.81. The van der Waals surface area contributed by atoms with Gasteiger partial charge in [0, 0.05) is 47.6 Å². The fourth-order valence-corrected chi connectivity index (χ4v) is 4.87. The van der Waals surface area contributed by atoms with Crippen molar-refractivity contribution in [2.75, 3.05) is 11.9 Å². The number of pyridine rings is 2. The quantitative estimate of drug-likeness (QED) is 0.576. The van der Waals surface area contributed by atoms with Crippen LogP contribution >= 0.6 is 0 Å². The molecule has 1 saturated carbocycles. The molecule has 0 bridgehead atoms. The molecule has 30 heavy (non-hydrogen) atoms. The Hall–Kier alpha value is -2.68. The van der Waals surface area contributed by atoms with Crippen LogP contribution < -0.4 is 14.5 Å². The summed E-state index contributed by atoms with van der Waals surface area (Å²) in [5.74, 6) is 0.839. The zero-order valence-corrected chi connectivity index (χ0v) is 19.1. The van der Waals surface area contributed by atoms with E-state index in [1.54, 1.807) is 0 Å². The highest BCUT2D eigenvalue weighted by Gasteiger charge is 2.22. The summed E-state index contributed by atoms with van der Waals surface area (Å²) in [6.07, 6.45) is 14.1. The van der Waals surface area contributed by atoms with E-state index in [0.717, 1.165) is 12.5 Å². The first kappa shape index (κ1) is 20.6. The minimum atomic E-state index is 0.839. The van der Waals surface area contributed by atoms with Gasteiger partial charge in [0.2, 0.25) is 5.69 Å². The van der Waals surface area contributed by atoms with Crippen LogP contribution in [0.1, 0.15) is 47.9 Å². The highest BCUT2D eigenvalue weighted by atomic mass is 15.0. The Balaban J connectivity index is 1.64. The summed E-state index contributed by atoms with van der Waals surface area (Å²) in [6, 6.07) is 8.75. The minimum absolute atomic E-state index is 0.839. The molecule has 3 aromatic rings. The van der Waals surface area contributed by atoms with Gasteiger partial charge in [0.1, 0.15) is 7.05 Å². The van der Waals surface area contributed by atoms with Gasteiger partial charge in [0.15, 0.2) is 24.8 Å². The van der Waals surface area contributed by atoms with E-state index in [4.69, 9.17) is 0 Å². The second kappa shape index (κ2) is 8.59. The van der Waals surface area contributed by atoms with Crippen molar-refractivity contribution < 1.29 is 9.13 Å². The Labute approximate surface area is 181 Å². The monoisotopic (exact) mass is 401 g/mol. The van der Waals surface area contributed by atoms with E-state index >= 15 is 0 Å². The molecule has 1 aliphatic rings. The standard InChI is InChI=1S/C27H34N3/c1-19-21(3)27(22(4)20(2)26(19)28-18-23-8-6-7-9-23)30-16-12-25(13-17-30)24-10-14-29(5)15-11-24/h10-17,23H,6-9,18H2,1-5H3/q+1/p+1. The van der Waals surface area contributed by atoms with Crippen molar-refractivity contribution >= 4 is 5.69 Å². The number of nitrogens with one attached hydrogen (secondary N) is 1. The number of nitrogens with zero attached hydrogens (tertiary/aromatic N) is 2. The van der Waals surface area contributed by atoms with Gasteiger partial charge < -0.3 is 5.32 Å². The number of hydrogen-bond donors (Lipinski definition) is 1. The molecule has 1 aromatic carbocycles. The molecule has 1 N–H and O–H groups in total. The SMILES string of the molecule is Cc1c(C)c(-[n+]2ccc(-c3cc[n+](C)cc3)cc2)c(C)c(C)c1NCC1CCCC1. The van der Waals surface area contributed by atoms with Gasteiger partial charge in [-0.05, 0) is 68.7 Å². The number of anilines is 1. The Morgan fingerprint density at radius 1 is 0.767 bits per heavy atom. The Kier molecular flexibility index (Phi) is 5.90. The lowest BCUT2D eigenvalue weighted by Crippen LogP contribution is -2.32. The van der Waals surface area contributed by atoms with Gasteiger partial charge in [-0.1, -0.05) is 12.8 Å². The largest absolute Gasteiger partial charge is 0.384 e. The molecule has 0 amide bonds. The van der Waals surface area contributed by atoms with Crippen LogP contribution in [0.4, 0.5) is 5.69 Å². The molecular formula is C27H35N3+2. The Morgan fingerprint density at radius 2 is 1.27 bits per heavy atom. The van der Waals surface area contributed by atoms with Crippen LogP contribution in [0.15, 0.2) is 49.1 Å². The van der Waals surface area contributed by atoms with Gasteiger partial charge in [-0.15, -0.1) is 0 Å². The zero-order valence-electron chi connectivity index (χ0n) is 19.1. The maximum Gasteiger partial charge on any atom is 0.217 e. The van der Waals surface area contributed by atoms with E-state index in [-0.39, 0.29) is 0 Å². The molecule has 0 aliphatic heterocycles. The van der Waals surface area contributed by atoms with Crippen LogP contribution in [0, 0.1) is 33.6 Å². The van der Waals surface area contributed by atoms with Crippen molar-refractivity contribution in [2.45, 2.75) is 53.4 Å². The van der Waals surface area contributed by atoms with E-state index in [0.29, 0.717) is 0 Å². The summed E-state index contributed by atoms with van der Waals surface area (Å²) in [5.41, 5.74) is 10.6. The van der Waals surface area contributed by atoms with Gasteiger partial charge in [-0.3, -0.25) is 0 Å². The molecule has 0 radical (unpaired) electrons. The molecule has 1 aliphatic carbocycles. The highest BCUT2D eigenvalue weighted by molar-refractivity contribution is 5.67. The van der Waals surface area contributed by atoms with Crippen LogP contribution in [0.25, 0.3) is 16.8 Å². The van der Waals surface area contributed by atoms with Crippen molar-refractivity contribution in [1.29, 1.82) is 0 Å². The fourth-order valence-electron chi connectivity index (χ4n) is 4.87. The van der Waals surface area contributed by atoms with E-state index in [9.17, 15) is 0 Å². The Bertz CT molecular complexity index is 998. The molecule has 0 atom stereocenters. The van der Waals surface area contributed by atoms with E-state index in [1.165, 1.54) is 70.4 Å². The lowest BCUT2D eigenvalue weighted by Gasteiger charge is -2.20. The second-order valence-corrected chi connectivity index (χ2v) is 9.00. The van der Waals surface area contributed by atoms with Gasteiger partial charge in [-0.25, -0.2) is 4.57 Å². The lowest BCUT2D eigenvalue weighted by molar-refractivity contribution is -0.671. The molecule has 0 saturated heterocycles. The first-order valence-electron chi connectivity index (χ1n) is 11.3. The van der Waals surface area contributed by atoms with Crippen molar-refractivity contribution in [1.82, 2.24) is 0 Å². The average molecular weight is 402 g/mol. The number of benzene rings is 1. The number of rotatable bonds is 5. The highest BCUT2D eigenvalue weighted by Crippen LogP contribution is 2.32.